The number of nitro benzene ring substituents is 1. The number of esters is 1. The third-order valence-electron chi connectivity index (χ3n) is 4.14. The lowest BCUT2D eigenvalue weighted by Gasteiger charge is -2.02. The highest BCUT2D eigenvalue weighted by Crippen LogP contribution is 2.32. The molecule has 9 heteroatoms. The molecule has 9 nitrogen and oxygen atoms in total. The van der Waals surface area contributed by atoms with E-state index in [-0.39, 0.29) is 17.0 Å². The number of non-ortho nitro benzene ring substituents is 1. The number of hydrogen-bond acceptors (Lipinski definition) is 6. The molecule has 0 aliphatic carbocycles. The van der Waals surface area contributed by atoms with Gasteiger partial charge in [0, 0.05) is 34.5 Å². The number of cyclic esters (lactones) is 1. The summed E-state index contributed by atoms with van der Waals surface area (Å²) in [5.41, 5.74) is 2.01. The first-order chi connectivity index (χ1) is 12.9. The Bertz CT molecular complexity index is 1190. The molecule has 0 amide bonds. The molecule has 3 aromatic rings. The van der Waals surface area contributed by atoms with Gasteiger partial charge in [0.25, 0.3) is 11.2 Å². The van der Waals surface area contributed by atoms with Crippen LogP contribution in [0.4, 0.5) is 5.69 Å². The van der Waals surface area contributed by atoms with Gasteiger partial charge in [-0.05, 0) is 19.1 Å². The lowest BCUT2D eigenvalue weighted by Crippen LogP contribution is -2.16. The van der Waals surface area contributed by atoms with Crippen LogP contribution in [0.3, 0.4) is 0 Å². The van der Waals surface area contributed by atoms with Crippen molar-refractivity contribution in [3.05, 3.63) is 79.4 Å². The maximum absolute atomic E-state index is 12.0. The van der Waals surface area contributed by atoms with Gasteiger partial charge in [0.2, 0.25) is 0 Å². The summed E-state index contributed by atoms with van der Waals surface area (Å²) in [6.45, 7) is 1.70. The van der Waals surface area contributed by atoms with Crippen molar-refractivity contribution in [3.8, 4) is 11.3 Å². The van der Waals surface area contributed by atoms with Gasteiger partial charge in [-0.1, -0.05) is 12.1 Å². The van der Waals surface area contributed by atoms with E-state index in [0.717, 1.165) is 0 Å². The van der Waals surface area contributed by atoms with Gasteiger partial charge in [0.1, 0.15) is 11.3 Å². The van der Waals surface area contributed by atoms with Crippen LogP contribution in [0, 0.1) is 17.0 Å². The van der Waals surface area contributed by atoms with Crippen molar-refractivity contribution >= 4 is 23.5 Å². The van der Waals surface area contributed by atoms with E-state index in [1.165, 1.54) is 18.3 Å². The number of benzene rings is 1. The smallest absolute Gasteiger partial charge is 0.349 e. The number of aromatic nitrogens is 3. The molecular weight excluding hydrogens is 352 g/mol. The van der Waals surface area contributed by atoms with Crippen LogP contribution >= 0.6 is 0 Å². The van der Waals surface area contributed by atoms with Crippen molar-refractivity contribution in [3.63, 3.8) is 0 Å². The summed E-state index contributed by atoms with van der Waals surface area (Å²) in [6, 6.07) is 7.73. The average molecular weight is 364 g/mol. The highest BCUT2D eigenvalue weighted by molar-refractivity contribution is 6.05. The van der Waals surface area contributed by atoms with Gasteiger partial charge in [-0.2, -0.15) is 5.10 Å². The topological polar surface area (TPSA) is 131 Å². The Balaban J connectivity index is 1.82. The molecule has 0 radical (unpaired) electrons. The fourth-order valence-corrected chi connectivity index (χ4v) is 2.95. The molecule has 134 valence electrons. The third kappa shape index (κ3) is 2.80. The predicted octanol–water partition coefficient (Wildman–Crippen LogP) is 2.65. The largest absolute Gasteiger partial charge is 0.422 e. The minimum atomic E-state index is -0.724. The molecule has 1 aliphatic rings. The van der Waals surface area contributed by atoms with Crippen LogP contribution in [-0.4, -0.2) is 26.1 Å². The minimum Gasteiger partial charge on any atom is -0.422 e. The SMILES string of the molecule is Cc1cc2c(c(=O)[nH]1)C(=O)OC2=Cc1cn[nH]c1-c1cccc([N+](=O)[O-])c1. The van der Waals surface area contributed by atoms with Gasteiger partial charge in [0.05, 0.1) is 16.8 Å². The number of nitrogens with zero attached hydrogens (tertiary/aromatic N) is 2. The Hall–Kier alpha value is -4.01. The average Bonchev–Trinajstić information content (AvgIpc) is 3.20. The number of ether oxygens (including phenoxy) is 1. The highest BCUT2D eigenvalue weighted by Gasteiger charge is 2.30. The molecule has 0 bridgehead atoms. The van der Waals surface area contributed by atoms with Crippen molar-refractivity contribution in [2.24, 2.45) is 0 Å². The molecule has 1 aromatic carbocycles. The Morgan fingerprint density at radius 2 is 2.07 bits per heavy atom. The van der Waals surface area contributed by atoms with E-state index in [2.05, 4.69) is 15.2 Å². The molecular formula is C18H12N4O5. The van der Waals surface area contributed by atoms with E-state index in [1.807, 2.05) is 0 Å². The molecule has 0 spiro atoms. The van der Waals surface area contributed by atoms with E-state index in [4.69, 9.17) is 4.74 Å². The number of fused-ring (bicyclic) bond motifs is 1. The molecule has 3 heterocycles. The fraction of sp³-hybridized carbons (Fsp3) is 0.0556. The number of H-pyrrole nitrogens is 2. The van der Waals surface area contributed by atoms with Gasteiger partial charge in [-0.25, -0.2) is 4.79 Å². The molecule has 4 rings (SSSR count). The monoisotopic (exact) mass is 364 g/mol. The van der Waals surface area contributed by atoms with E-state index < -0.39 is 16.5 Å². The molecule has 0 atom stereocenters. The van der Waals surface area contributed by atoms with Crippen LogP contribution in [0.1, 0.15) is 27.2 Å². The summed E-state index contributed by atoms with van der Waals surface area (Å²) >= 11 is 0. The number of aryl methyl sites for hydroxylation is 1. The van der Waals surface area contributed by atoms with Crippen LogP contribution in [0.5, 0.6) is 0 Å². The van der Waals surface area contributed by atoms with Crippen LogP contribution in [0.2, 0.25) is 0 Å². The first kappa shape index (κ1) is 16.5. The zero-order valence-electron chi connectivity index (χ0n) is 14.0. The molecule has 2 aromatic heterocycles. The summed E-state index contributed by atoms with van der Waals surface area (Å²) in [5.74, 6) is -0.504. The van der Waals surface area contributed by atoms with Crippen molar-refractivity contribution in [2.45, 2.75) is 6.92 Å². The summed E-state index contributed by atoms with van der Waals surface area (Å²) in [5, 5.41) is 17.8. The van der Waals surface area contributed by atoms with Crippen LogP contribution < -0.4 is 5.56 Å². The maximum Gasteiger partial charge on any atom is 0.349 e. The predicted molar refractivity (Wildman–Crippen MR) is 95.8 cm³/mol. The number of carbonyl (C=O) groups is 1. The van der Waals surface area contributed by atoms with Crippen molar-refractivity contribution in [2.75, 3.05) is 0 Å². The first-order valence-corrected chi connectivity index (χ1v) is 7.90. The molecule has 0 fully saturated rings. The van der Waals surface area contributed by atoms with Gasteiger partial charge >= 0.3 is 5.97 Å². The summed E-state index contributed by atoms with van der Waals surface area (Å²) in [7, 11) is 0. The van der Waals surface area contributed by atoms with E-state index in [9.17, 15) is 19.7 Å². The molecule has 2 N–H and O–H groups in total. The van der Waals surface area contributed by atoms with Crippen LogP contribution in [0.25, 0.3) is 23.1 Å². The summed E-state index contributed by atoms with van der Waals surface area (Å²) in [6.07, 6.45) is 3.08. The lowest BCUT2D eigenvalue weighted by atomic mass is 10.0. The Morgan fingerprint density at radius 3 is 2.85 bits per heavy atom. The third-order valence-corrected chi connectivity index (χ3v) is 4.14. The van der Waals surface area contributed by atoms with Gasteiger partial charge in [0.15, 0.2) is 0 Å². The fourth-order valence-electron chi connectivity index (χ4n) is 2.95. The standard InChI is InChI=1S/C18H12N4O5/c1-9-5-13-14(27-18(24)15(13)17(23)20-9)7-11-8-19-21-16(11)10-3-2-4-12(6-10)22(25)26/h2-8H,1H3,(H,19,21)(H,20,23). The first-order valence-electron chi connectivity index (χ1n) is 7.90. The van der Waals surface area contributed by atoms with E-state index in [1.54, 1.807) is 31.2 Å². The molecule has 0 saturated heterocycles. The number of aromatic amines is 2. The number of carbonyl (C=O) groups excluding carboxylic acids is 1. The minimum absolute atomic E-state index is 0.0488. The van der Waals surface area contributed by atoms with Gasteiger partial charge in [-0.15, -0.1) is 0 Å². The second-order valence-corrected chi connectivity index (χ2v) is 5.98. The second-order valence-electron chi connectivity index (χ2n) is 5.98. The van der Waals surface area contributed by atoms with E-state index in [0.29, 0.717) is 28.1 Å². The Labute approximate surface area is 151 Å². The summed E-state index contributed by atoms with van der Waals surface area (Å²) in [4.78, 5) is 37.1. The number of hydrogen-bond donors (Lipinski definition) is 2. The Morgan fingerprint density at radius 1 is 1.26 bits per heavy atom. The van der Waals surface area contributed by atoms with Crippen molar-refractivity contribution in [1.82, 2.24) is 15.2 Å². The number of nitro groups is 1. The van der Waals surface area contributed by atoms with Crippen molar-refractivity contribution < 1.29 is 14.5 Å². The molecule has 0 saturated carbocycles. The Kier molecular flexibility index (Phi) is 3.69. The quantitative estimate of drug-likeness (QED) is 0.417. The number of pyridine rings is 1. The summed E-state index contributed by atoms with van der Waals surface area (Å²) < 4.78 is 5.25. The van der Waals surface area contributed by atoms with Gasteiger partial charge in [-0.3, -0.25) is 20.0 Å². The lowest BCUT2D eigenvalue weighted by molar-refractivity contribution is -0.384. The number of rotatable bonds is 3. The number of nitrogens with one attached hydrogen (secondary N) is 2. The van der Waals surface area contributed by atoms with Crippen molar-refractivity contribution in [1.29, 1.82) is 0 Å². The normalized spacial score (nSPS) is 14.3. The molecule has 27 heavy (non-hydrogen) atoms. The zero-order chi connectivity index (χ0) is 19.1. The maximum atomic E-state index is 12.0. The van der Waals surface area contributed by atoms with Crippen LogP contribution in [-0.2, 0) is 4.74 Å². The van der Waals surface area contributed by atoms with Gasteiger partial charge < -0.3 is 9.72 Å². The molecule has 0 unspecified atom stereocenters. The molecule has 1 aliphatic heterocycles. The second kappa shape index (κ2) is 6.06. The zero-order valence-corrected chi connectivity index (χ0v) is 14.0. The van der Waals surface area contributed by atoms with E-state index >= 15 is 0 Å². The van der Waals surface area contributed by atoms with Crippen LogP contribution in [0.15, 0.2) is 41.3 Å². The highest BCUT2D eigenvalue weighted by atomic mass is 16.6.